The summed E-state index contributed by atoms with van der Waals surface area (Å²) in [5, 5.41) is 0.816. The molecule has 0 aliphatic heterocycles. The van der Waals surface area contributed by atoms with E-state index in [0.29, 0.717) is 5.92 Å². The molecular weight excluding hydrogens is 208 g/mol. The molecule has 1 aromatic carbocycles. The van der Waals surface area contributed by atoms with E-state index in [1.165, 1.54) is 5.56 Å². The molecule has 0 aliphatic carbocycles. The minimum absolute atomic E-state index is 0.453. The highest BCUT2D eigenvalue weighted by atomic mass is 35.5. The zero-order chi connectivity index (χ0) is 10.8. The van der Waals surface area contributed by atoms with Crippen LogP contribution >= 0.6 is 11.6 Å². The van der Waals surface area contributed by atoms with Crippen LogP contribution in [0.5, 0.6) is 0 Å². The van der Waals surface area contributed by atoms with Crippen LogP contribution in [0.25, 0.3) is 5.69 Å². The zero-order valence-corrected chi connectivity index (χ0v) is 9.57. The molecule has 2 aromatic rings. The van der Waals surface area contributed by atoms with Crippen molar-refractivity contribution in [1.82, 2.24) is 9.55 Å². The van der Waals surface area contributed by atoms with Crippen LogP contribution in [0.2, 0.25) is 5.02 Å². The van der Waals surface area contributed by atoms with Crippen LogP contribution in [0, 0.1) is 0 Å². The summed E-state index contributed by atoms with van der Waals surface area (Å²) >= 11 is 6.21. The van der Waals surface area contributed by atoms with Gasteiger partial charge >= 0.3 is 0 Å². The molecule has 0 saturated heterocycles. The summed E-state index contributed by atoms with van der Waals surface area (Å²) in [5.41, 5.74) is 2.22. The maximum Gasteiger partial charge on any atom is 0.0991 e. The van der Waals surface area contributed by atoms with E-state index in [1.807, 2.05) is 16.8 Å². The van der Waals surface area contributed by atoms with Crippen LogP contribution in [-0.2, 0) is 0 Å². The highest BCUT2D eigenvalue weighted by Gasteiger charge is 2.06. The maximum absolute atomic E-state index is 6.21. The van der Waals surface area contributed by atoms with Crippen molar-refractivity contribution in [3.8, 4) is 5.69 Å². The molecule has 0 fully saturated rings. The third kappa shape index (κ3) is 2.05. The van der Waals surface area contributed by atoms with E-state index in [-0.39, 0.29) is 0 Å². The quantitative estimate of drug-likeness (QED) is 0.756. The van der Waals surface area contributed by atoms with E-state index in [4.69, 9.17) is 11.6 Å². The topological polar surface area (TPSA) is 17.8 Å². The predicted molar refractivity (Wildman–Crippen MR) is 62.7 cm³/mol. The fraction of sp³-hybridized carbons (Fsp3) is 0.250. The molecule has 0 saturated carbocycles. The van der Waals surface area contributed by atoms with Crippen LogP contribution < -0.4 is 0 Å². The molecule has 1 aromatic heterocycles. The Morgan fingerprint density at radius 1 is 1.33 bits per heavy atom. The molecule has 15 heavy (non-hydrogen) atoms. The molecule has 0 atom stereocenters. The van der Waals surface area contributed by atoms with E-state index < -0.39 is 0 Å². The molecule has 78 valence electrons. The van der Waals surface area contributed by atoms with Crippen molar-refractivity contribution in [2.75, 3.05) is 0 Å². The van der Waals surface area contributed by atoms with Gasteiger partial charge in [-0.05, 0) is 23.6 Å². The van der Waals surface area contributed by atoms with Crippen molar-refractivity contribution in [2.45, 2.75) is 19.8 Å². The van der Waals surface area contributed by atoms with E-state index >= 15 is 0 Å². The molecule has 0 aliphatic rings. The third-order valence-electron chi connectivity index (χ3n) is 2.41. The molecule has 0 N–H and O–H groups in total. The molecule has 0 radical (unpaired) electrons. The molecule has 0 spiro atoms. The lowest BCUT2D eigenvalue weighted by Gasteiger charge is -2.10. The number of hydrogen-bond acceptors (Lipinski definition) is 1. The second-order valence-electron chi connectivity index (χ2n) is 3.83. The largest absolute Gasteiger partial charge is 0.306 e. The summed E-state index contributed by atoms with van der Waals surface area (Å²) in [7, 11) is 0. The van der Waals surface area contributed by atoms with Gasteiger partial charge in [-0.2, -0.15) is 0 Å². The fourth-order valence-electron chi connectivity index (χ4n) is 1.56. The minimum atomic E-state index is 0.453. The lowest BCUT2D eigenvalue weighted by molar-refractivity contribution is 0.865. The third-order valence-corrected chi connectivity index (χ3v) is 2.74. The fourth-order valence-corrected chi connectivity index (χ4v) is 1.95. The van der Waals surface area contributed by atoms with Gasteiger partial charge in [0.1, 0.15) is 0 Å². The minimum Gasteiger partial charge on any atom is -0.306 e. The number of nitrogens with zero attached hydrogens (tertiary/aromatic N) is 2. The van der Waals surface area contributed by atoms with Crippen molar-refractivity contribution in [1.29, 1.82) is 0 Å². The normalized spacial score (nSPS) is 10.9. The second kappa shape index (κ2) is 4.07. The van der Waals surface area contributed by atoms with Gasteiger partial charge in [-0.3, -0.25) is 0 Å². The Kier molecular flexibility index (Phi) is 2.78. The van der Waals surface area contributed by atoms with Crippen molar-refractivity contribution in [2.24, 2.45) is 0 Å². The van der Waals surface area contributed by atoms with E-state index in [1.54, 1.807) is 12.5 Å². The molecule has 0 unspecified atom stereocenters. The standard InChI is InChI=1S/C12H13ClN2/c1-9(2)11-4-3-10(7-12(11)13)15-6-5-14-8-15/h3-9H,1-2H3. The average molecular weight is 221 g/mol. The molecule has 1 heterocycles. The molecule has 2 nitrogen and oxygen atoms in total. The van der Waals surface area contributed by atoms with Gasteiger partial charge in [0.25, 0.3) is 0 Å². The van der Waals surface area contributed by atoms with E-state index in [9.17, 15) is 0 Å². The second-order valence-corrected chi connectivity index (χ2v) is 4.24. The monoisotopic (exact) mass is 220 g/mol. The number of benzene rings is 1. The average Bonchev–Trinajstić information content (AvgIpc) is 2.69. The number of rotatable bonds is 2. The summed E-state index contributed by atoms with van der Waals surface area (Å²) in [6, 6.07) is 6.10. The summed E-state index contributed by atoms with van der Waals surface area (Å²) in [6.07, 6.45) is 5.42. The lowest BCUT2D eigenvalue weighted by Crippen LogP contribution is -1.93. The first-order valence-electron chi connectivity index (χ1n) is 4.96. The highest BCUT2D eigenvalue weighted by Crippen LogP contribution is 2.26. The van der Waals surface area contributed by atoms with Crippen molar-refractivity contribution < 1.29 is 0 Å². The molecular formula is C12H13ClN2. The van der Waals surface area contributed by atoms with Crippen molar-refractivity contribution in [3.05, 3.63) is 47.5 Å². The molecule has 0 bridgehead atoms. The number of imidazole rings is 1. The Balaban J connectivity index is 2.42. The first-order chi connectivity index (χ1) is 7.18. The number of halogens is 1. The van der Waals surface area contributed by atoms with E-state index in [0.717, 1.165) is 10.7 Å². The van der Waals surface area contributed by atoms with Crippen LogP contribution in [0.3, 0.4) is 0 Å². The molecule has 0 amide bonds. The lowest BCUT2D eigenvalue weighted by atomic mass is 10.0. The van der Waals surface area contributed by atoms with Gasteiger partial charge in [-0.25, -0.2) is 4.98 Å². The number of hydrogen-bond donors (Lipinski definition) is 0. The van der Waals surface area contributed by atoms with Gasteiger partial charge in [0.15, 0.2) is 0 Å². The van der Waals surface area contributed by atoms with Crippen LogP contribution in [0.1, 0.15) is 25.3 Å². The Morgan fingerprint density at radius 3 is 2.67 bits per heavy atom. The first kappa shape index (κ1) is 10.2. The van der Waals surface area contributed by atoms with Gasteiger partial charge in [0.05, 0.1) is 6.33 Å². The summed E-state index contributed by atoms with van der Waals surface area (Å²) in [6.45, 7) is 4.27. The Hall–Kier alpha value is -1.28. The number of aromatic nitrogens is 2. The van der Waals surface area contributed by atoms with Crippen molar-refractivity contribution >= 4 is 11.6 Å². The Labute approximate surface area is 94.5 Å². The zero-order valence-electron chi connectivity index (χ0n) is 8.81. The summed E-state index contributed by atoms with van der Waals surface area (Å²) < 4.78 is 1.94. The summed E-state index contributed by atoms with van der Waals surface area (Å²) in [5.74, 6) is 0.453. The first-order valence-corrected chi connectivity index (χ1v) is 5.34. The van der Waals surface area contributed by atoms with Gasteiger partial charge in [-0.1, -0.05) is 31.5 Å². The van der Waals surface area contributed by atoms with E-state index in [2.05, 4.69) is 31.0 Å². The maximum atomic E-state index is 6.21. The molecule has 2 rings (SSSR count). The van der Waals surface area contributed by atoms with Crippen LogP contribution in [0.4, 0.5) is 0 Å². The Morgan fingerprint density at radius 2 is 2.13 bits per heavy atom. The van der Waals surface area contributed by atoms with Gasteiger partial charge in [0, 0.05) is 23.1 Å². The SMILES string of the molecule is CC(C)c1ccc(-n2ccnc2)cc1Cl. The van der Waals surface area contributed by atoms with Gasteiger partial charge in [0.2, 0.25) is 0 Å². The molecule has 3 heteroatoms. The Bertz CT molecular complexity index is 447. The highest BCUT2D eigenvalue weighted by molar-refractivity contribution is 6.31. The van der Waals surface area contributed by atoms with Gasteiger partial charge in [-0.15, -0.1) is 0 Å². The van der Waals surface area contributed by atoms with Crippen LogP contribution in [-0.4, -0.2) is 9.55 Å². The predicted octanol–water partition coefficient (Wildman–Crippen LogP) is 3.65. The van der Waals surface area contributed by atoms with Gasteiger partial charge < -0.3 is 4.57 Å². The van der Waals surface area contributed by atoms with Crippen molar-refractivity contribution in [3.63, 3.8) is 0 Å². The smallest absolute Gasteiger partial charge is 0.0991 e. The van der Waals surface area contributed by atoms with Crippen LogP contribution in [0.15, 0.2) is 36.9 Å². The summed E-state index contributed by atoms with van der Waals surface area (Å²) in [4.78, 5) is 4.01.